The molecule has 7 heteroatoms. The minimum atomic E-state index is -2.88. The van der Waals surface area contributed by atoms with Gasteiger partial charge in [-0.05, 0) is 19.3 Å². The Bertz CT molecular complexity index is 728. The molecule has 0 aromatic rings. The van der Waals surface area contributed by atoms with Crippen LogP contribution < -0.4 is 0 Å². The molecule has 7 nitrogen and oxygen atoms in total. The molecular formula is C38H72O7. The molecule has 2 unspecified atom stereocenters. The lowest BCUT2D eigenvalue weighted by atomic mass is 9.59. The van der Waals surface area contributed by atoms with Crippen LogP contribution in [0.4, 0.5) is 0 Å². The second-order valence-electron chi connectivity index (χ2n) is 13.8. The summed E-state index contributed by atoms with van der Waals surface area (Å²) in [7, 11) is 0. The van der Waals surface area contributed by atoms with Gasteiger partial charge in [-0.2, -0.15) is 0 Å². The summed E-state index contributed by atoms with van der Waals surface area (Å²) >= 11 is 0. The summed E-state index contributed by atoms with van der Waals surface area (Å²) < 4.78 is 0. The van der Waals surface area contributed by atoms with Crippen molar-refractivity contribution >= 4 is 17.9 Å². The van der Waals surface area contributed by atoms with Gasteiger partial charge >= 0.3 is 17.9 Å². The van der Waals surface area contributed by atoms with Crippen LogP contribution in [0, 0.1) is 11.3 Å². The number of carboxylic acid groups (broad SMARTS) is 3. The highest BCUT2D eigenvalue weighted by atomic mass is 16.4. The summed E-state index contributed by atoms with van der Waals surface area (Å²) in [5, 5.41) is 43.3. The van der Waals surface area contributed by atoms with Crippen LogP contribution in [0.25, 0.3) is 0 Å². The van der Waals surface area contributed by atoms with Gasteiger partial charge < -0.3 is 20.4 Å². The average Bonchev–Trinajstić information content (AvgIpc) is 3.00. The molecule has 266 valence electrons. The molecule has 2 atom stereocenters. The van der Waals surface area contributed by atoms with Gasteiger partial charge in [0.15, 0.2) is 5.60 Å². The van der Waals surface area contributed by atoms with E-state index in [-0.39, 0.29) is 19.3 Å². The predicted octanol–water partition coefficient (Wildman–Crippen LogP) is 10.9. The zero-order valence-electron chi connectivity index (χ0n) is 29.6. The van der Waals surface area contributed by atoms with E-state index in [1.807, 2.05) is 0 Å². The molecule has 0 amide bonds. The molecule has 0 aliphatic carbocycles. The molecule has 0 aromatic carbocycles. The number of hydrogen-bond donors (Lipinski definition) is 4. The summed E-state index contributed by atoms with van der Waals surface area (Å²) in [5.41, 5.74) is -4.93. The Balaban J connectivity index is 5.63. The van der Waals surface area contributed by atoms with E-state index in [9.17, 15) is 34.8 Å². The Morgan fingerprint density at radius 3 is 1.00 bits per heavy atom. The first-order chi connectivity index (χ1) is 21.7. The third kappa shape index (κ3) is 17.2. The maximum Gasteiger partial charge on any atom is 0.337 e. The molecule has 45 heavy (non-hydrogen) atoms. The van der Waals surface area contributed by atoms with Crippen molar-refractivity contribution in [3.8, 4) is 0 Å². The molecule has 0 bridgehead atoms. The van der Waals surface area contributed by atoms with Crippen molar-refractivity contribution in [2.24, 2.45) is 11.3 Å². The summed E-state index contributed by atoms with van der Waals surface area (Å²) in [5.74, 6) is -6.20. The zero-order chi connectivity index (χ0) is 33.8. The van der Waals surface area contributed by atoms with Crippen LogP contribution in [0.5, 0.6) is 0 Å². The molecular weight excluding hydrogens is 568 g/mol. The Morgan fingerprint density at radius 2 is 0.733 bits per heavy atom. The highest BCUT2D eigenvalue weighted by molar-refractivity contribution is 5.93. The molecule has 0 heterocycles. The second-order valence-corrected chi connectivity index (χ2v) is 13.8. The topological polar surface area (TPSA) is 132 Å². The number of unbranched alkanes of at least 4 members (excludes halogenated alkanes) is 23. The van der Waals surface area contributed by atoms with E-state index in [4.69, 9.17) is 0 Å². The fourth-order valence-electron chi connectivity index (χ4n) is 7.04. The Hall–Kier alpha value is -1.63. The van der Waals surface area contributed by atoms with Crippen LogP contribution in [-0.4, -0.2) is 43.9 Å². The van der Waals surface area contributed by atoms with Crippen molar-refractivity contribution in [3.63, 3.8) is 0 Å². The summed E-state index contributed by atoms with van der Waals surface area (Å²) in [6.45, 7) is 6.51. The standard InChI is InChI=1S/C38H72O7/c1-4-7-10-13-16-18-20-22-25-28-31-37(35(41)42,32-29-26-23-21-19-17-14-11-8-5-2)38(45,36(43)44)33(34(39)40)30-27-24-15-12-9-6-3/h33,45H,4-32H2,1-3H3,(H,39,40)(H,41,42)(H,43,44). The molecule has 0 saturated carbocycles. The van der Waals surface area contributed by atoms with Crippen molar-refractivity contribution in [1.29, 1.82) is 0 Å². The van der Waals surface area contributed by atoms with Crippen molar-refractivity contribution in [1.82, 2.24) is 0 Å². The van der Waals surface area contributed by atoms with Gasteiger partial charge in [0.2, 0.25) is 0 Å². The fraction of sp³-hybridized carbons (Fsp3) is 0.921. The molecule has 0 fully saturated rings. The smallest absolute Gasteiger partial charge is 0.337 e. The van der Waals surface area contributed by atoms with E-state index in [0.29, 0.717) is 19.3 Å². The average molecular weight is 641 g/mol. The van der Waals surface area contributed by atoms with Crippen LogP contribution in [0.3, 0.4) is 0 Å². The van der Waals surface area contributed by atoms with Crippen LogP contribution in [0.15, 0.2) is 0 Å². The normalized spacial score (nSPS) is 13.9. The lowest BCUT2D eigenvalue weighted by Gasteiger charge is -2.45. The van der Waals surface area contributed by atoms with Gasteiger partial charge in [0.05, 0.1) is 5.92 Å². The maximum atomic E-state index is 13.1. The van der Waals surface area contributed by atoms with Crippen molar-refractivity contribution < 1.29 is 34.8 Å². The van der Waals surface area contributed by atoms with Crippen molar-refractivity contribution in [2.45, 2.75) is 213 Å². The van der Waals surface area contributed by atoms with Gasteiger partial charge in [0.25, 0.3) is 0 Å². The van der Waals surface area contributed by atoms with Gasteiger partial charge in [-0.3, -0.25) is 9.59 Å². The highest BCUT2D eigenvalue weighted by Gasteiger charge is 2.65. The Kier molecular flexibility index (Phi) is 26.5. The van der Waals surface area contributed by atoms with E-state index in [2.05, 4.69) is 20.8 Å². The molecule has 0 rings (SSSR count). The van der Waals surface area contributed by atoms with Crippen LogP contribution in [0.2, 0.25) is 0 Å². The highest BCUT2D eigenvalue weighted by Crippen LogP contribution is 2.48. The Labute approximate surface area is 276 Å². The lowest BCUT2D eigenvalue weighted by molar-refractivity contribution is -0.207. The molecule has 0 radical (unpaired) electrons. The first-order valence-electron chi connectivity index (χ1n) is 19.1. The zero-order valence-corrected chi connectivity index (χ0v) is 29.6. The number of rotatable bonds is 34. The van der Waals surface area contributed by atoms with E-state index in [1.165, 1.54) is 64.2 Å². The maximum absolute atomic E-state index is 13.1. The van der Waals surface area contributed by atoms with E-state index < -0.39 is 34.8 Å². The van der Waals surface area contributed by atoms with Crippen molar-refractivity contribution in [3.05, 3.63) is 0 Å². The van der Waals surface area contributed by atoms with Gasteiger partial charge in [0.1, 0.15) is 5.41 Å². The molecule has 0 saturated heterocycles. The minimum absolute atomic E-state index is 0.0284. The van der Waals surface area contributed by atoms with Crippen molar-refractivity contribution in [2.75, 3.05) is 0 Å². The number of carboxylic acids is 3. The first-order valence-corrected chi connectivity index (χ1v) is 19.1. The number of aliphatic hydroxyl groups is 1. The molecule has 0 aliphatic rings. The summed E-state index contributed by atoms with van der Waals surface area (Å²) in [4.78, 5) is 38.5. The summed E-state index contributed by atoms with van der Waals surface area (Å²) in [6, 6.07) is 0. The van der Waals surface area contributed by atoms with Crippen LogP contribution >= 0.6 is 0 Å². The third-order valence-electron chi connectivity index (χ3n) is 10.0. The number of aliphatic carboxylic acids is 3. The van der Waals surface area contributed by atoms with Crippen LogP contribution in [-0.2, 0) is 14.4 Å². The van der Waals surface area contributed by atoms with Crippen LogP contribution in [0.1, 0.15) is 207 Å². The quantitative estimate of drug-likeness (QED) is 0.0514. The van der Waals surface area contributed by atoms with Gasteiger partial charge in [-0.25, -0.2) is 4.79 Å². The number of hydrogen-bond acceptors (Lipinski definition) is 4. The van der Waals surface area contributed by atoms with Gasteiger partial charge in [-0.1, -0.05) is 188 Å². The minimum Gasteiger partial charge on any atom is -0.481 e. The first kappa shape index (κ1) is 43.4. The fourth-order valence-corrected chi connectivity index (χ4v) is 7.04. The lowest BCUT2D eigenvalue weighted by Crippen LogP contribution is -2.64. The van der Waals surface area contributed by atoms with E-state index in [0.717, 1.165) is 83.5 Å². The summed E-state index contributed by atoms with van der Waals surface area (Å²) in [6.07, 6.45) is 26.1. The predicted molar refractivity (Wildman–Crippen MR) is 185 cm³/mol. The largest absolute Gasteiger partial charge is 0.481 e. The monoisotopic (exact) mass is 641 g/mol. The molecule has 0 spiro atoms. The second kappa shape index (κ2) is 27.5. The van der Waals surface area contributed by atoms with Gasteiger partial charge in [-0.15, -0.1) is 0 Å². The van der Waals surface area contributed by atoms with E-state index >= 15 is 0 Å². The Morgan fingerprint density at radius 1 is 0.444 bits per heavy atom. The SMILES string of the molecule is CCCCCCCCCCCCC(CCCCCCCCCCCC)(C(=O)O)C(O)(C(=O)O)C(CCCCCCCC)C(=O)O. The molecule has 0 aliphatic heterocycles. The molecule has 0 aromatic heterocycles. The van der Waals surface area contributed by atoms with E-state index in [1.54, 1.807) is 0 Å². The number of carbonyl (C=O) groups is 3. The molecule has 4 N–H and O–H groups in total. The third-order valence-corrected chi connectivity index (χ3v) is 10.0. The van der Waals surface area contributed by atoms with Gasteiger partial charge in [0, 0.05) is 0 Å².